The van der Waals surface area contributed by atoms with Crippen LogP contribution in [0.3, 0.4) is 0 Å². The van der Waals surface area contributed by atoms with Gasteiger partial charge in [0.05, 0.1) is 26.5 Å². The summed E-state index contributed by atoms with van der Waals surface area (Å²) in [6.07, 6.45) is 1.72. The van der Waals surface area contributed by atoms with Gasteiger partial charge in [0.15, 0.2) is 5.69 Å². The average molecular weight is 317 g/mol. The molecule has 2 aromatic rings. The summed E-state index contributed by atoms with van der Waals surface area (Å²) < 4.78 is 12.0. The van der Waals surface area contributed by atoms with Gasteiger partial charge in [-0.25, -0.2) is 4.79 Å². The van der Waals surface area contributed by atoms with Gasteiger partial charge in [-0.3, -0.25) is 4.68 Å². The van der Waals surface area contributed by atoms with E-state index >= 15 is 0 Å². The maximum absolute atomic E-state index is 12.3. The third-order valence-corrected chi connectivity index (χ3v) is 3.44. The number of nitrogens with zero attached hydrogens (tertiary/aromatic N) is 2. The molecule has 0 saturated heterocycles. The van der Waals surface area contributed by atoms with Gasteiger partial charge in [0.2, 0.25) is 0 Å². The zero-order valence-corrected chi connectivity index (χ0v) is 13.8. The van der Waals surface area contributed by atoms with Crippen LogP contribution in [0.25, 0.3) is 0 Å². The van der Waals surface area contributed by atoms with Crippen LogP contribution in [-0.2, 0) is 17.8 Å². The van der Waals surface area contributed by atoms with Crippen molar-refractivity contribution in [1.29, 1.82) is 0 Å². The maximum atomic E-state index is 12.3. The highest BCUT2D eigenvalue weighted by molar-refractivity contribution is 5.89. The van der Waals surface area contributed by atoms with E-state index in [-0.39, 0.29) is 5.97 Å². The summed E-state index contributed by atoms with van der Waals surface area (Å²) in [5.74, 6) is 0.457. The van der Waals surface area contributed by atoms with Crippen LogP contribution < -0.4 is 10.1 Å². The minimum Gasteiger partial charge on any atom is -0.497 e. The fourth-order valence-corrected chi connectivity index (χ4v) is 2.27. The Balaban J connectivity index is 2.25. The quantitative estimate of drug-likeness (QED) is 0.756. The van der Waals surface area contributed by atoms with Gasteiger partial charge in [-0.2, -0.15) is 5.10 Å². The summed E-state index contributed by atoms with van der Waals surface area (Å²) in [4.78, 5) is 12.3. The Kier molecular flexibility index (Phi) is 6.17. The summed E-state index contributed by atoms with van der Waals surface area (Å²) in [6.45, 7) is 6.08. The Labute approximate surface area is 136 Å². The lowest BCUT2D eigenvalue weighted by Gasteiger charge is -2.10. The molecule has 124 valence electrons. The molecule has 1 aromatic heterocycles. The lowest BCUT2D eigenvalue weighted by molar-refractivity contribution is 0.0511. The molecule has 6 nitrogen and oxygen atoms in total. The van der Waals surface area contributed by atoms with Crippen molar-refractivity contribution in [3.05, 3.63) is 47.3 Å². The topological polar surface area (TPSA) is 65.4 Å². The summed E-state index contributed by atoms with van der Waals surface area (Å²) in [7, 11) is 1.63. The van der Waals surface area contributed by atoms with E-state index in [0.717, 1.165) is 23.4 Å². The second kappa shape index (κ2) is 8.33. The van der Waals surface area contributed by atoms with E-state index in [1.165, 1.54) is 0 Å². The van der Waals surface area contributed by atoms with Gasteiger partial charge in [0.25, 0.3) is 0 Å². The molecule has 0 radical (unpaired) electrons. The zero-order valence-electron chi connectivity index (χ0n) is 13.8. The van der Waals surface area contributed by atoms with E-state index in [1.54, 1.807) is 24.9 Å². The SMILES string of the molecule is CCNCc1cnn(Cc2ccc(OC)cc2)c1C(=O)OCC. The third-order valence-electron chi connectivity index (χ3n) is 3.44. The highest BCUT2D eigenvalue weighted by atomic mass is 16.5. The summed E-state index contributed by atoms with van der Waals surface area (Å²) in [6, 6.07) is 7.70. The van der Waals surface area contributed by atoms with Gasteiger partial charge >= 0.3 is 5.97 Å². The number of hydrogen-bond donors (Lipinski definition) is 1. The minimum absolute atomic E-state index is 0.340. The Morgan fingerprint density at radius 1 is 1.26 bits per heavy atom. The molecule has 1 heterocycles. The second-order valence-electron chi connectivity index (χ2n) is 5.02. The lowest BCUT2D eigenvalue weighted by Crippen LogP contribution is -2.19. The molecular formula is C17H23N3O3. The molecule has 0 atom stereocenters. The predicted octanol–water partition coefficient (Wildman–Crippen LogP) is 2.23. The first-order chi connectivity index (χ1) is 11.2. The van der Waals surface area contributed by atoms with Crippen molar-refractivity contribution in [2.45, 2.75) is 26.9 Å². The highest BCUT2D eigenvalue weighted by Crippen LogP contribution is 2.16. The van der Waals surface area contributed by atoms with Crippen LogP contribution in [0.15, 0.2) is 30.5 Å². The first-order valence-electron chi connectivity index (χ1n) is 7.75. The van der Waals surface area contributed by atoms with Crippen LogP contribution in [0.4, 0.5) is 0 Å². The summed E-state index contributed by atoms with van der Waals surface area (Å²) in [5, 5.41) is 7.57. The molecule has 6 heteroatoms. The molecule has 0 aliphatic heterocycles. The van der Waals surface area contributed by atoms with Gasteiger partial charge in [-0.05, 0) is 31.2 Å². The smallest absolute Gasteiger partial charge is 0.356 e. The molecular weight excluding hydrogens is 294 g/mol. The van der Waals surface area contributed by atoms with Crippen molar-refractivity contribution in [2.24, 2.45) is 0 Å². The number of carbonyl (C=O) groups excluding carboxylic acids is 1. The van der Waals surface area contributed by atoms with Crippen molar-refractivity contribution in [3.8, 4) is 5.75 Å². The molecule has 0 bridgehead atoms. The van der Waals surface area contributed by atoms with E-state index in [9.17, 15) is 4.79 Å². The van der Waals surface area contributed by atoms with Crippen LogP contribution in [-0.4, -0.2) is 36.0 Å². The van der Waals surface area contributed by atoms with E-state index in [1.807, 2.05) is 31.2 Å². The van der Waals surface area contributed by atoms with E-state index in [2.05, 4.69) is 10.4 Å². The number of methoxy groups -OCH3 is 1. The minimum atomic E-state index is -0.341. The predicted molar refractivity (Wildman–Crippen MR) is 87.7 cm³/mol. The largest absolute Gasteiger partial charge is 0.497 e. The zero-order chi connectivity index (χ0) is 16.7. The molecule has 0 fully saturated rings. The molecule has 1 N–H and O–H groups in total. The van der Waals surface area contributed by atoms with Crippen LogP contribution in [0.1, 0.15) is 35.5 Å². The second-order valence-corrected chi connectivity index (χ2v) is 5.02. The first kappa shape index (κ1) is 17.0. The Hall–Kier alpha value is -2.34. The Morgan fingerprint density at radius 3 is 2.61 bits per heavy atom. The average Bonchev–Trinajstić information content (AvgIpc) is 2.96. The monoisotopic (exact) mass is 317 g/mol. The fourth-order valence-electron chi connectivity index (χ4n) is 2.27. The van der Waals surface area contributed by atoms with Gasteiger partial charge in [-0.1, -0.05) is 19.1 Å². The fraction of sp³-hybridized carbons (Fsp3) is 0.412. The Bertz CT molecular complexity index is 635. The number of ether oxygens (including phenoxy) is 2. The molecule has 0 aliphatic rings. The van der Waals surface area contributed by atoms with Crippen molar-refractivity contribution in [3.63, 3.8) is 0 Å². The number of hydrogen-bond acceptors (Lipinski definition) is 5. The van der Waals surface area contributed by atoms with Crippen molar-refractivity contribution in [2.75, 3.05) is 20.3 Å². The van der Waals surface area contributed by atoms with Crippen molar-refractivity contribution in [1.82, 2.24) is 15.1 Å². The molecule has 23 heavy (non-hydrogen) atoms. The molecule has 1 aromatic carbocycles. The van der Waals surface area contributed by atoms with Crippen LogP contribution in [0.2, 0.25) is 0 Å². The maximum Gasteiger partial charge on any atom is 0.356 e. The third kappa shape index (κ3) is 4.32. The number of esters is 1. The number of rotatable bonds is 8. The number of aromatic nitrogens is 2. The van der Waals surface area contributed by atoms with Crippen molar-refractivity contribution < 1.29 is 14.3 Å². The molecule has 0 amide bonds. The van der Waals surface area contributed by atoms with Crippen LogP contribution in [0.5, 0.6) is 5.75 Å². The first-order valence-corrected chi connectivity index (χ1v) is 7.75. The normalized spacial score (nSPS) is 10.6. The summed E-state index contributed by atoms with van der Waals surface area (Å²) in [5.41, 5.74) is 2.39. The van der Waals surface area contributed by atoms with E-state index in [4.69, 9.17) is 9.47 Å². The number of nitrogens with one attached hydrogen (secondary N) is 1. The number of carbonyl (C=O) groups is 1. The van der Waals surface area contributed by atoms with E-state index < -0.39 is 0 Å². The Morgan fingerprint density at radius 2 is 2.00 bits per heavy atom. The van der Waals surface area contributed by atoms with Crippen LogP contribution in [0, 0.1) is 0 Å². The highest BCUT2D eigenvalue weighted by Gasteiger charge is 2.19. The standard InChI is InChI=1S/C17H23N3O3/c1-4-18-10-14-11-19-20(16(14)17(21)23-5-2)12-13-6-8-15(22-3)9-7-13/h6-9,11,18H,4-5,10,12H2,1-3H3. The van der Waals surface area contributed by atoms with Gasteiger partial charge < -0.3 is 14.8 Å². The van der Waals surface area contributed by atoms with Gasteiger partial charge in [-0.15, -0.1) is 0 Å². The molecule has 2 rings (SSSR count). The van der Waals surface area contributed by atoms with Gasteiger partial charge in [0, 0.05) is 12.1 Å². The molecule has 0 saturated carbocycles. The van der Waals surface area contributed by atoms with Crippen molar-refractivity contribution >= 4 is 5.97 Å². The molecule has 0 spiro atoms. The molecule has 0 aliphatic carbocycles. The number of benzene rings is 1. The summed E-state index contributed by atoms with van der Waals surface area (Å²) >= 11 is 0. The van der Waals surface area contributed by atoms with E-state index in [0.29, 0.717) is 25.4 Å². The lowest BCUT2D eigenvalue weighted by atomic mass is 10.2. The van der Waals surface area contributed by atoms with Gasteiger partial charge in [0.1, 0.15) is 5.75 Å². The van der Waals surface area contributed by atoms with Crippen LogP contribution >= 0.6 is 0 Å². The molecule has 0 unspecified atom stereocenters.